The number of nitro benzene ring substituents is 1. The van der Waals surface area contributed by atoms with Crippen LogP contribution in [0.15, 0.2) is 76.8 Å². The van der Waals surface area contributed by atoms with E-state index in [9.17, 15) is 19.7 Å². The van der Waals surface area contributed by atoms with E-state index in [-0.39, 0.29) is 34.7 Å². The molecule has 13 heteroatoms. The summed E-state index contributed by atoms with van der Waals surface area (Å²) in [4.78, 5) is 45.2. The molecule has 0 aliphatic carbocycles. The second-order valence-electron chi connectivity index (χ2n) is 9.29. The molecule has 43 heavy (non-hydrogen) atoms. The smallest absolute Gasteiger partial charge is 0.341 e. The van der Waals surface area contributed by atoms with E-state index in [0.717, 1.165) is 28.2 Å². The molecule has 0 bridgehead atoms. The second kappa shape index (κ2) is 13.0. The number of thioether (sulfide) groups is 1. The molecule has 1 fully saturated rings. The van der Waals surface area contributed by atoms with E-state index < -0.39 is 17.5 Å². The van der Waals surface area contributed by atoms with Crippen molar-refractivity contribution in [1.82, 2.24) is 9.88 Å². The number of aromatic nitrogens is 1. The third kappa shape index (κ3) is 6.82. The van der Waals surface area contributed by atoms with E-state index in [1.807, 2.05) is 30.5 Å². The Morgan fingerprint density at radius 1 is 1.19 bits per heavy atom. The van der Waals surface area contributed by atoms with Crippen molar-refractivity contribution in [2.45, 2.75) is 13.3 Å². The van der Waals surface area contributed by atoms with E-state index in [1.54, 1.807) is 30.0 Å². The van der Waals surface area contributed by atoms with Crippen molar-refractivity contribution in [1.29, 1.82) is 0 Å². The number of ether oxygens (including phenoxy) is 2. The average molecular weight is 621 g/mol. The first-order valence-electron chi connectivity index (χ1n) is 13.1. The van der Waals surface area contributed by atoms with Gasteiger partial charge < -0.3 is 19.6 Å². The molecule has 1 amide bonds. The molecule has 1 aliphatic rings. The van der Waals surface area contributed by atoms with Crippen LogP contribution in [0.25, 0.3) is 17.0 Å². The summed E-state index contributed by atoms with van der Waals surface area (Å²) in [5, 5.41) is 21.7. The molecule has 220 valence electrons. The molecule has 1 saturated heterocycles. The van der Waals surface area contributed by atoms with E-state index in [4.69, 9.17) is 26.2 Å². The number of para-hydroxylation sites is 1. The zero-order valence-corrected chi connectivity index (χ0v) is 24.4. The molecule has 0 spiro atoms. The highest BCUT2D eigenvalue weighted by Crippen LogP contribution is 2.40. The van der Waals surface area contributed by atoms with Crippen LogP contribution >= 0.6 is 23.4 Å². The Morgan fingerprint density at radius 2 is 1.95 bits per heavy atom. The third-order valence-electron chi connectivity index (χ3n) is 6.42. The lowest BCUT2D eigenvalue weighted by molar-refractivity contribution is -0.384. The fourth-order valence-electron chi connectivity index (χ4n) is 4.48. The van der Waals surface area contributed by atoms with Gasteiger partial charge in [0.1, 0.15) is 0 Å². The minimum atomic E-state index is -1.16. The number of hydrogen-bond donors (Lipinski definition) is 2. The zero-order chi connectivity index (χ0) is 30.5. The molecule has 0 radical (unpaired) electrons. The van der Waals surface area contributed by atoms with Crippen molar-refractivity contribution in [2.24, 2.45) is 4.99 Å². The highest BCUT2D eigenvalue weighted by Gasteiger charge is 2.33. The maximum absolute atomic E-state index is 13.7. The van der Waals surface area contributed by atoms with Crippen molar-refractivity contribution in [3.8, 4) is 11.5 Å². The molecular weight excluding hydrogens is 596 g/mol. The topological polar surface area (TPSA) is 147 Å². The number of hydrogen-bond acceptors (Lipinski definition) is 8. The van der Waals surface area contributed by atoms with Crippen LogP contribution in [0.5, 0.6) is 11.5 Å². The normalized spacial score (nSPS) is 15.0. The summed E-state index contributed by atoms with van der Waals surface area (Å²) in [6, 6.07) is 16.9. The fourth-order valence-corrected chi connectivity index (χ4v) is 5.78. The van der Waals surface area contributed by atoms with Gasteiger partial charge >= 0.3 is 5.97 Å². The minimum Gasteiger partial charge on any atom is -0.490 e. The van der Waals surface area contributed by atoms with Crippen LogP contribution in [0, 0.1) is 10.1 Å². The number of H-pyrrole nitrogens is 1. The number of fused-ring (bicyclic) bond motifs is 1. The Balaban J connectivity index is 1.47. The van der Waals surface area contributed by atoms with Gasteiger partial charge in [0.2, 0.25) is 0 Å². The van der Waals surface area contributed by atoms with Gasteiger partial charge in [0, 0.05) is 35.8 Å². The average Bonchev–Trinajstić information content (AvgIpc) is 3.51. The largest absolute Gasteiger partial charge is 0.490 e. The van der Waals surface area contributed by atoms with Gasteiger partial charge in [-0.3, -0.25) is 19.8 Å². The molecule has 5 rings (SSSR count). The van der Waals surface area contributed by atoms with Crippen LogP contribution in [-0.4, -0.2) is 56.7 Å². The van der Waals surface area contributed by atoms with Gasteiger partial charge in [-0.15, -0.1) is 0 Å². The maximum atomic E-state index is 13.7. The van der Waals surface area contributed by atoms with Crippen molar-refractivity contribution in [3.63, 3.8) is 0 Å². The first-order chi connectivity index (χ1) is 20.7. The number of benzene rings is 3. The number of halogens is 1. The summed E-state index contributed by atoms with van der Waals surface area (Å²) in [7, 11) is 0. The van der Waals surface area contributed by atoms with Gasteiger partial charge in [0.05, 0.1) is 27.1 Å². The van der Waals surface area contributed by atoms with Crippen LogP contribution in [-0.2, 0) is 16.0 Å². The number of aliphatic carboxylic acids is 1. The summed E-state index contributed by atoms with van der Waals surface area (Å²) in [5.74, 6) is -1.09. The highest BCUT2D eigenvalue weighted by molar-refractivity contribution is 8.18. The van der Waals surface area contributed by atoms with E-state index in [1.165, 1.54) is 24.3 Å². The second-order valence-corrected chi connectivity index (χ2v) is 10.7. The number of carbonyl (C=O) groups is 2. The number of rotatable bonds is 11. The molecule has 2 N–H and O–H groups in total. The predicted molar refractivity (Wildman–Crippen MR) is 165 cm³/mol. The van der Waals surface area contributed by atoms with Gasteiger partial charge in [0.25, 0.3) is 11.6 Å². The lowest BCUT2D eigenvalue weighted by Crippen LogP contribution is -2.31. The molecule has 0 saturated carbocycles. The molecule has 4 aromatic rings. The van der Waals surface area contributed by atoms with Crippen LogP contribution in [0.3, 0.4) is 0 Å². The van der Waals surface area contributed by atoms with E-state index in [2.05, 4.69) is 9.98 Å². The number of carboxylic acids is 1. The number of nitrogens with one attached hydrogen (secondary N) is 1. The number of nitrogens with zero attached hydrogens (tertiary/aromatic N) is 3. The Kier molecular flexibility index (Phi) is 8.98. The van der Waals surface area contributed by atoms with Gasteiger partial charge in [-0.1, -0.05) is 29.8 Å². The third-order valence-corrected chi connectivity index (χ3v) is 7.71. The Bertz CT molecular complexity index is 1770. The molecule has 3 aromatic carbocycles. The molecular formula is C30H25ClN4O7S. The molecule has 2 heterocycles. The number of nitro groups is 1. The lowest BCUT2D eigenvalue weighted by Gasteiger charge is -2.15. The van der Waals surface area contributed by atoms with Crippen molar-refractivity contribution in [2.75, 3.05) is 19.8 Å². The number of non-ortho nitro benzene ring substituents is 1. The van der Waals surface area contributed by atoms with Crippen LogP contribution in [0.1, 0.15) is 18.1 Å². The highest BCUT2D eigenvalue weighted by atomic mass is 35.5. The van der Waals surface area contributed by atoms with E-state index in [0.29, 0.717) is 34.3 Å². The Hall–Kier alpha value is -4.81. The SMILES string of the molecule is CCOc1cc(/C=C2\SC(=Nc3ccc([N+](=O)[O-])cc3)N(CCc3c[nH]c4ccccc34)C2=O)cc(Cl)c1OCC(=O)O. The van der Waals surface area contributed by atoms with Crippen molar-refractivity contribution >= 4 is 68.8 Å². The van der Waals surface area contributed by atoms with Crippen molar-refractivity contribution in [3.05, 3.63) is 98.0 Å². The van der Waals surface area contributed by atoms with Crippen LogP contribution in [0.4, 0.5) is 11.4 Å². The number of aliphatic imine (C=N–C) groups is 1. The molecule has 1 aromatic heterocycles. The maximum Gasteiger partial charge on any atom is 0.341 e. The van der Waals surface area contributed by atoms with Gasteiger partial charge in [0.15, 0.2) is 23.3 Å². The summed E-state index contributed by atoms with van der Waals surface area (Å²) >= 11 is 7.59. The minimum absolute atomic E-state index is 0.0614. The number of amidine groups is 1. The fraction of sp³-hybridized carbons (Fsp3) is 0.167. The predicted octanol–water partition coefficient (Wildman–Crippen LogP) is 6.44. The quantitative estimate of drug-likeness (QED) is 0.111. The number of carboxylic acid groups (broad SMARTS) is 1. The van der Waals surface area contributed by atoms with E-state index >= 15 is 0 Å². The Morgan fingerprint density at radius 3 is 2.67 bits per heavy atom. The monoisotopic (exact) mass is 620 g/mol. The summed E-state index contributed by atoms with van der Waals surface area (Å²) in [5.41, 5.74) is 2.98. The summed E-state index contributed by atoms with van der Waals surface area (Å²) < 4.78 is 11.0. The molecule has 0 unspecified atom stereocenters. The van der Waals surface area contributed by atoms with Crippen molar-refractivity contribution < 1.29 is 29.1 Å². The Labute approximate surface area is 254 Å². The number of amides is 1. The first-order valence-corrected chi connectivity index (χ1v) is 14.3. The van der Waals surface area contributed by atoms with Gasteiger partial charge in [-0.05, 0) is 72.6 Å². The van der Waals surface area contributed by atoms with Crippen LogP contribution < -0.4 is 9.47 Å². The molecule has 11 nitrogen and oxygen atoms in total. The first kappa shape index (κ1) is 29.7. The van der Waals surface area contributed by atoms with Gasteiger partial charge in [-0.2, -0.15) is 0 Å². The lowest BCUT2D eigenvalue weighted by atomic mass is 10.1. The molecule has 1 aliphatic heterocycles. The summed E-state index contributed by atoms with van der Waals surface area (Å²) in [6.07, 6.45) is 4.13. The van der Waals surface area contributed by atoms with Crippen LogP contribution in [0.2, 0.25) is 5.02 Å². The molecule has 0 atom stereocenters. The number of carbonyl (C=O) groups excluding carboxylic acids is 1. The number of aromatic amines is 1. The van der Waals surface area contributed by atoms with Gasteiger partial charge in [-0.25, -0.2) is 9.79 Å². The summed E-state index contributed by atoms with van der Waals surface area (Å²) in [6.45, 7) is 1.79. The standard InChI is InChI=1S/C30H25ClN4O7S/c1-2-41-25-14-18(13-23(31)28(25)42-17-27(36)37)15-26-29(38)34(12-11-19-16-32-24-6-4-3-5-22(19)24)30(43-26)33-20-7-9-21(10-8-20)35(39)40/h3-10,13-16,32H,2,11-12,17H2,1H3,(H,36,37)/b26-15-,33-30?. The zero-order valence-electron chi connectivity index (χ0n) is 22.8.